The van der Waals surface area contributed by atoms with Gasteiger partial charge in [0.1, 0.15) is 5.84 Å². The molecule has 6 nitrogen and oxygen atoms in total. The maximum absolute atomic E-state index is 11.0. The van der Waals surface area contributed by atoms with E-state index in [1.807, 2.05) is 31.3 Å². The Hall–Kier alpha value is -2.86. The van der Waals surface area contributed by atoms with Gasteiger partial charge >= 0.3 is 5.97 Å². The Bertz CT molecular complexity index is 792. The average Bonchev–Trinajstić information content (AvgIpc) is 2.62. The summed E-state index contributed by atoms with van der Waals surface area (Å²) < 4.78 is 0.590. The summed E-state index contributed by atoms with van der Waals surface area (Å²) in [5, 5.41) is 16.5. The van der Waals surface area contributed by atoms with Gasteiger partial charge in [-0.25, -0.2) is 4.79 Å². The maximum atomic E-state index is 11.0. The number of quaternary nitrogens is 1. The Kier molecular flexibility index (Phi) is 4.95. The van der Waals surface area contributed by atoms with Crippen LogP contribution >= 0.6 is 0 Å². The van der Waals surface area contributed by atoms with E-state index in [0.717, 1.165) is 48.6 Å². The van der Waals surface area contributed by atoms with Crippen LogP contribution in [0.3, 0.4) is 0 Å². The van der Waals surface area contributed by atoms with Crippen molar-refractivity contribution in [1.29, 1.82) is 5.41 Å². The van der Waals surface area contributed by atoms with Crippen LogP contribution in [0.2, 0.25) is 0 Å². The number of aliphatic carboxylic acids is 1. The third-order valence-electron chi connectivity index (χ3n) is 5.10. The normalized spacial score (nSPS) is 16.3. The van der Waals surface area contributed by atoms with Gasteiger partial charge in [0.25, 0.3) is 0 Å². The van der Waals surface area contributed by atoms with E-state index in [0.29, 0.717) is 4.48 Å². The molecule has 0 aliphatic carbocycles. The van der Waals surface area contributed by atoms with Gasteiger partial charge in [-0.2, -0.15) is 0 Å². The summed E-state index contributed by atoms with van der Waals surface area (Å²) in [7, 11) is 2.01. The third kappa shape index (κ3) is 4.03. The van der Waals surface area contributed by atoms with Crippen LogP contribution in [0.1, 0.15) is 5.56 Å². The number of anilines is 1. The number of amidine groups is 1. The molecule has 0 atom stereocenters. The van der Waals surface area contributed by atoms with Gasteiger partial charge in [-0.3, -0.25) is 5.41 Å². The molecular weight excluding hydrogens is 328 g/mol. The van der Waals surface area contributed by atoms with E-state index < -0.39 is 5.97 Å². The van der Waals surface area contributed by atoms with E-state index in [1.165, 1.54) is 0 Å². The number of piperazine rings is 1. The van der Waals surface area contributed by atoms with E-state index in [2.05, 4.69) is 29.2 Å². The molecule has 26 heavy (non-hydrogen) atoms. The number of likely N-dealkylation sites (N-methyl/N-ethyl adjacent to an activating group) is 1. The second-order valence-corrected chi connectivity index (χ2v) is 7.14. The fourth-order valence-corrected chi connectivity index (χ4v) is 3.40. The number of rotatable bonds is 5. The van der Waals surface area contributed by atoms with Gasteiger partial charge in [-0.1, -0.05) is 36.4 Å². The molecule has 0 spiro atoms. The summed E-state index contributed by atoms with van der Waals surface area (Å²) in [4.78, 5) is 13.3. The first-order chi connectivity index (χ1) is 12.4. The van der Waals surface area contributed by atoms with Gasteiger partial charge in [-0.05, 0) is 23.3 Å². The first-order valence-corrected chi connectivity index (χ1v) is 8.71. The van der Waals surface area contributed by atoms with Crippen LogP contribution in [-0.4, -0.2) is 61.2 Å². The zero-order valence-electron chi connectivity index (χ0n) is 15.0. The Morgan fingerprint density at radius 3 is 2.04 bits per heavy atom. The number of carbonyl (C=O) groups is 1. The maximum Gasteiger partial charge on any atom is 0.359 e. The number of carboxylic acid groups (broad SMARTS) is 1. The number of hydrogen-bond donors (Lipinski definition) is 3. The SMILES string of the molecule is C[N+]1(CC(=O)O)CCN(c2ccc(-c3ccc(C(=N)N)cc3)cc2)CC1. The molecule has 1 aliphatic rings. The summed E-state index contributed by atoms with van der Waals surface area (Å²) >= 11 is 0. The predicted molar refractivity (Wildman–Crippen MR) is 104 cm³/mol. The monoisotopic (exact) mass is 353 g/mol. The Morgan fingerprint density at radius 2 is 1.58 bits per heavy atom. The van der Waals surface area contributed by atoms with Crippen molar-refractivity contribution in [2.45, 2.75) is 0 Å². The molecule has 2 aromatic rings. The second kappa shape index (κ2) is 7.17. The Morgan fingerprint density at radius 1 is 1.08 bits per heavy atom. The lowest BCUT2D eigenvalue weighted by molar-refractivity contribution is -0.903. The van der Waals surface area contributed by atoms with Gasteiger partial charge in [0, 0.05) is 11.3 Å². The van der Waals surface area contributed by atoms with Crippen LogP contribution in [0.5, 0.6) is 0 Å². The van der Waals surface area contributed by atoms with Gasteiger partial charge in [0.05, 0.1) is 33.2 Å². The van der Waals surface area contributed by atoms with E-state index >= 15 is 0 Å². The lowest BCUT2D eigenvalue weighted by Crippen LogP contribution is -2.59. The fourth-order valence-electron chi connectivity index (χ4n) is 3.40. The molecule has 3 rings (SSSR count). The zero-order chi connectivity index (χ0) is 18.7. The number of carboxylic acids is 1. The number of benzene rings is 2. The lowest BCUT2D eigenvalue weighted by atomic mass is 10.0. The highest BCUT2D eigenvalue weighted by Crippen LogP contribution is 2.25. The van der Waals surface area contributed by atoms with Crippen LogP contribution in [0.15, 0.2) is 48.5 Å². The molecule has 1 heterocycles. The van der Waals surface area contributed by atoms with Crippen LogP contribution in [0.25, 0.3) is 11.1 Å². The van der Waals surface area contributed by atoms with Crippen LogP contribution < -0.4 is 10.6 Å². The molecule has 0 radical (unpaired) electrons. The number of nitrogens with two attached hydrogens (primary N) is 1. The van der Waals surface area contributed by atoms with Crippen molar-refractivity contribution in [3.63, 3.8) is 0 Å². The van der Waals surface area contributed by atoms with Gasteiger partial charge in [-0.15, -0.1) is 0 Å². The fraction of sp³-hybridized carbons (Fsp3) is 0.300. The predicted octanol–water partition coefficient (Wildman–Crippen LogP) is 1.99. The van der Waals surface area contributed by atoms with Crippen molar-refractivity contribution in [2.75, 3.05) is 44.7 Å². The van der Waals surface area contributed by atoms with Crippen molar-refractivity contribution in [3.05, 3.63) is 54.1 Å². The Labute approximate surface area is 153 Å². The van der Waals surface area contributed by atoms with Crippen LogP contribution in [0.4, 0.5) is 5.69 Å². The standard InChI is InChI=1S/C20H24N4O2/c1-24(14-19(25)26)12-10-23(11-13-24)18-8-6-16(7-9-18)15-2-4-17(5-3-15)20(21)22/h2-9H,10-14H2,1H3,(H3-,21,22,25,26)/p+1. The van der Waals surface area contributed by atoms with Gasteiger partial charge in [0.2, 0.25) is 0 Å². The topological polar surface area (TPSA) is 90.4 Å². The number of nitrogens with one attached hydrogen (secondary N) is 1. The smallest absolute Gasteiger partial charge is 0.359 e. The summed E-state index contributed by atoms with van der Waals surface area (Å²) in [5.74, 6) is -0.661. The molecule has 0 aromatic heterocycles. The quantitative estimate of drug-likeness (QED) is 0.436. The molecule has 1 fully saturated rings. The van der Waals surface area contributed by atoms with Crippen molar-refractivity contribution < 1.29 is 14.4 Å². The molecule has 2 aromatic carbocycles. The minimum absolute atomic E-state index is 0.0743. The largest absolute Gasteiger partial charge is 0.477 e. The van der Waals surface area contributed by atoms with Crippen molar-refractivity contribution >= 4 is 17.5 Å². The number of nitrogen functional groups attached to an aromatic ring is 1. The van der Waals surface area contributed by atoms with Crippen molar-refractivity contribution in [1.82, 2.24) is 0 Å². The highest BCUT2D eigenvalue weighted by Gasteiger charge is 2.30. The molecule has 1 aliphatic heterocycles. The van der Waals surface area contributed by atoms with Crippen molar-refractivity contribution in [3.8, 4) is 11.1 Å². The molecule has 0 amide bonds. The molecule has 0 saturated carbocycles. The molecule has 6 heteroatoms. The highest BCUT2D eigenvalue weighted by molar-refractivity contribution is 5.95. The van der Waals surface area contributed by atoms with Gasteiger partial charge < -0.3 is 20.2 Å². The summed E-state index contributed by atoms with van der Waals surface area (Å²) in [6.07, 6.45) is 0. The first kappa shape index (κ1) is 17.9. The number of nitrogens with zero attached hydrogens (tertiary/aromatic N) is 2. The second-order valence-electron chi connectivity index (χ2n) is 7.14. The molecule has 4 N–H and O–H groups in total. The molecule has 136 valence electrons. The van der Waals surface area contributed by atoms with E-state index in [4.69, 9.17) is 16.2 Å². The van der Waals surface area contributed by atoms with Crippen molar-refractivity contribution in [2.24, 2.45) is 5.73 Å². The summed E-state index contributed by atoms with van der Waals surface area (Å²) in [6, 6.07) is 16.1. The average molecular weight is 353 g/mol. The molecule has 0 unspecified atom stereocenters. The third-order valence-corrected chi connectivity index (χ3v) is 5.10. The first-order valence-electron chi connectivity index (χ1n) is 8.71. The minimum atomic E-state index is -0.735. The van der Waals surface area contributed by atoms with Crippen LogP contribution in [0, 0.1) is 5.41 Å². The van der Waals surface area contributed by atoms with E-state index in [-0.39, 0.29) is 12.4 Å². The lowest BCUT2D eigenvalue weighted by Gasteiger charge is -2.41. The molecule has 1 saturated heterocycles. The minimum Gasteiger partial charge on any atom is -0.477 e. The van der Waals surface area contributed by atoms with E-state index in [9.17, 15) is 4.79 Å². The van der Waals surface area contributed by atoms with E-state index in [1.54, 1.807) is 0 Å². The summed E-state index contributed by atoms with van der Waals surface area (Å²) in [5.41, 5.74) is 9.59. The zero-order valence-corrected chi connectivity index (χ0v) is 15.0. The summed E-state index contributed by atoms with van der Waals surface area (Å²) in [6.45, 7) is 3.57. The van der Waals surface area contributed by atoms with Crippen LogP contribution in [-0.2, 0) is 4.79 Å². The number of hydrogen-bond acceptors (Lipinski definition) is 3. The molecular formula is C20H25N4O2+. The molecule has 0 bridgehead atoms. The Balaban J connectivity index is 1.67. The van der Waals surface area contributed by atoms with Gasteiger partial charge in [0.15, 0.2) is 6.54 Å². The highest BCUT2D eigenvalue weighted by atomic mass is 16.4.